The fourth-order valence-corrected chi connectivity index (χ4v) is 2.80. The Hall–Kier alpha value is -2.33. The number of anilines is 2. The lowest BCUT2D eigenvalue weighted by atomic mass is 10.2. The zero-order valence-corrected chi connectivity index (χ0v) is 13.9. The third-order valence-corrected chi connectivity index (χ3v) is 4.59. The molecule has 122 valence electrons. The quantitative estimate of drug-likeness (QED) is 0.532. The van der Waals surface area contributed by atoms with Crippen molar-refractivity contribution in [2.45, 2.75) is 10.1 Å². The second-order valence-corrected chi connectivity index (χ2v) is 7.40. The largest absolute Gasteiger partial charge is 0.365 e. The standard InChI is InChI=1S/C13H14N4O4S2/c1-22-13-16-11(9(10(14)18)12(19)17-13)15-7-3-5-8(6-4-7)23(2,20)21/h3-6H,1-2H3,(H2,14,18)(H2,15,16,17,19). The summed E-state index contributed by atoms with van der Waals surface area (Å²) in [5, 5.41) is 3.12. The Morgan fingerprint density at radius 3 is 2.39 bits per heavy atom. The van der Waals surface area contributed by atoms with Crippen molar-refractivity contribution < 1.29 is 13.2 Å². The molecule has 0 aliphatic rings. The summed E-state index contributed by atoms with van der Waals surface area (Å²) < 4.78 is 22.9. The highest BCUT2D eigenvalue weighted by atomic mass is 32.2. The SMILES string of the molecule is CSc1nc(Nc2ccc(S(C)(=O)=O)cc2)c(C(N)=O)c(=O)[nH]1. The average Bonchev–Trinajstić information content (AvgIpc) is 2.45. The molecule has 4 N–H and O–H groups in total. The summed E-state index contributed by atoms with van der Waals surface area (Å²) in [7, 11) is -3.31. The number of nitrogens with one attached hydrogen (secondary N) is 2. The number of rotatable bonds is 5. The Kier molecular flexibility index (Phi) is 4.76. The summed E-state index contributed by atoms with van der Waals surface area (Å²) in [6, 6.07) is 5.82. The van der Waals surface area contributed by atoms with E-state index in [9.17, 15) is 18.0 Å². The van der Waals surface area contributed by atoms with E-state index in [1.165, 1.54) is 36.0 Å². The number of carbonyl (C=O) groups excluding carboxylic acids is 1. The summed E-state index contributed by atoms with van der Waals surface area (Å²) in [4.78, 5) is 30.1. The lowest BCUT2D eigenvalue weighted by Gasteiger charge is -2.10. The van der Waals surface area contributed by atoms with Gasteiger partial charge >= 0.3 is 0 Å². The number of nitrogens with two attached hydrogens (primary N) is 1. The first kappa shape index (κ1) is 17.0. The molecular formula is C13H14N4O4S2. The van der Waals surface area contributed by atoms with Crippen molar-refractivity contribution in [3.05, 3.63) is 40.2 Å². The molecule has 0 fully saturated rings. The minimum Gasteiger partial charge on any atom is -0.365 e. The van der Waals surface area contributed by atoms with Crippen LogP contribution in [0.4, 0.5) is 11.5 Å². The average molecular weight is 354 g/mol. The van der Waals surface area contributed by atoms with Gasteiger partial charge in [0.1, 0.15) is 5.56 Å². The molecule has 0 aliphatic heterocycles. The number of sulfone groups is 1. The van der Waals surface area contributed by atoms with Gasteiger partial charge < -0.3 is 16.0 Å². The molecule has 1 aromatic heterocycles. The van der Waals surface area contributed by atoms with E-state index < -0.39 is 21.3 Å². The molecule has 0 spiro atoms. The van der Waals surface area contributed by atoms with Crippen molar-refractivity contribution >= 4 is 39.0 Å². The predicted molar refractivity (Wildman–Crippen MR) is 88.0 cm³/mol. The molecule has 0 atom stereocenters. The molecule has 0 saturated heterocycles. The third-order valence-electron chi connectivity index (χ3n) is 2.88. The van der Waals surface area contributed by atoms with Crippen molar-refractivity contribution in [2.75, 3.05) is 17.8 Å². The van der Waals surface area contributed by atoms with E-state index in [1.54, 1.807) is 6.26 Å². The van der Waals surface area contributed by atoms with Crippen LogP contribution in [0.25, 0.3) is 0 Å². The smallest absolute Gasteiger partial charge is 0.266 e. The normalized spacial score (nSPS) is 11.2. The van der Waals surface area contributed by atoms with E-state index in [2.05, 4.69) is 15.3 Å². The number of thioether (sulfide) groups is 1. The maximum absolute atomic E-state index is 11.9. The highest BCUT2D eigenvalue weighted by Gasteiger charge is 2.17. The van der Waals surface area contributed by atoms with Gasteiger partial charge in [0.2, 0.25) is 0 Å². The van der Waals surface area contributed by atoms with Crippen molar-refractivity contribution in [1.29, 1.82) is 0 Å². The van der Waals surface area contributed by atoms with E-state index in [-0.39, 0.29) is 16.3 Å². The van der Waals surface area contributed by atoms with Gasteiger partial charge in [0, 0.05) is 11.9 Å². The lowest BCUT2D eigenvalue weighted by Crippen LogP contribution is -2.26. The number of benzene rings is 1. The topological polar surface area (TPSA) is 135 Å². The molecule has 0 bridgehead atoms. The van der Waals surface area contributed by atoms with Crippen LogP contribution < -0.4 is 16.6 Å². The zero-order chi connectivity index (χ0) is 17.2. The fourth-order valence-electron chi connectivity index (χ4n) is 1.79. The van der Waals surface area contributed by atoms with Gasteiger partial charge in [0.05, 0.1) is 4.90 Å². The molecule has 1 aromatic carbocycles. The molecule has 0 saturated carbocycles. The second kappa shape index (κ2) is 6.42. The molecular weight excluding hydrogens is 340 g/mol. The first-order valence-electron chi connectivity index (χ1n) is 6.27. The highest BCUT2D eigenvalue weighted by molar-refractivity contribution is 7.98. The number of amides is 1. The molecule has 0 radical (unpaired) electrons. The molecule has 2 aromatic rings. The second-order valence-electron chi connectivity index (χ2n) is 4.58. The van der Waals surface area contributed by atoms with Crippen LogP contribution in [0.1, 0.15) is 10.4 Å². The van der Waals surface area contributed by atoms with E-state index in [0.717, 1.165) is 6.26 Å². The Bertz CT molecular complexity index is 905. The minimum atomic E-state index is -3.31. The van der Waals surface area contributed by atoms with Crippen LogP contribution in [0, 0.1) is 0 Å². The Labute approximate surface area is 136 Å². The molecule has 1 heterocycles. The molecule has 0 aliphatic carbocycles. The van der Waals surface area contributed by atoms with Gasteiger partial charge in [0.15, 0.2) is 20.8 Å². The van der Waals surface area contributed by atoms with Crippen LogP contribution >= 0.6 is 11.8 Å². The highest BCUT2D eigenvalue weighted by Crippen LogP contribution is 2.20. The van der Waals surface area contributed by atoms with Crippen LogP contribution in [0.2, 0.25) is 0 Å². The van der Waals surface area contributed by atoms with Crippen molar-refractivity contribution in [3.63, 3.8) is 0 Å². The summed E-state index contributed by atoms with van der Waals surface area (Å²) >= 11 is 1.20. The van der Waals surface area contributed by atoms with Crippen LogP contribution in [0.5, 0.6) is 0 Å². The Morgan fingerprint density at radius 1 is 1.30 bits per heavy atom. The monoisotopic (exact) mass is 354 g/mol. The maximum Gasteiger partial charge on any atom is 0.266 e. The minimum absolute atomic E-state index is 0.0118. The first-order chi connectivity index (χ1) is 10.7. The summed E-state index contributed by atoms with van der Waals surface area (Å²) in [5.74, 6) is -0.903. The van der Waals surface area contributed by atoms with Gasteiger partial charge in [-0.3, -0.25) is 9.59 Å². The fraction of sp³-hybridized carbons (Fsp3) is 0.154. The van der Waals surface area contributed by atoms with Gasteiger partial charge in [0.25, 0.3) is 11.5 Å². The van der Waals surface area contributed by atoms with E-state index in [0.29, 0.717) is 10.8 Å². The summed E-state index contributed by atoms with van der Waals surface area (Å²) in [6.07, 6.45) is 2.82. The van der Waals surface area contributed by atoms with Gasteiger partial charge in [-0.2, -0.15) is 0 Å². The predicted octanol–water partition coefficient (Wildman–Crippen LogP) is 0.738. The van der Waals surface area contributed by atoms with Gasteiger partial charge in [-0.05, 0) is 30.5 Å². The Morgan fingerprint density at radius 2 is 1.91 bits per heavy atom. The molecule has 23 heavy (non-hydrogen) atoms. The van der Waals surface area contributed by atoms with Gasteiger partial charge in [-0.15, -0.1) is 0 Å². The first-order valence-corrected chi connectivity index (χ1v) is 9.39. The molecule has 2 rings (SSSR count). The Balaban J connectivity index is 2.45. The van der Waals surface area contributed by atoms with E-state index in [1.807, 2.05) is 0 Å². The lowest BCUT2D eigenvalue weighted by molar-refractivity contribution is 0.0999. The van der Waals surface area contributed by atoms with Crippen LogP contribution in [0.15, 0.2) is 39.1 Å². The van der Waals surface area contributed by atoms with Gasteiger partial charge in [-0.1, -0.05) is 11.8 Å². The van der Waals surface area contributed by atoms with Crippen molar-refractivity contribution in [2.24, 2.45) is 5.73 Å². The number of H-pyrrole nitrogens is 1. The molecule has 10 heteroatoms. The summed E-state index contributed by atoms with van der Waals surface area (Å²) in [5.41, 5.74) is 4.74. The number of hydrogen-bond acceptors (Lipinski definition) is 7. The number of carbonyl (C=O) groups is 1. The van der Waals surface area contributed by atoms with Crippen LogP contribution in [0.3, 0.4) is 0 Å². The number of nitrogens with zero attached hydrogens (tertiary/aromatic N) is 1. The van der Waals surface area contributed by atoms with Crippen LogP contribution in [-0.2, 0) is 9.84 Å². The molecule has 1 amide bonds. The van der Waals surface area contributed by atoms with E-state index in [4.69, 9.17) is 5.73 Å². The maximum atomic E-state index is 11.9. The molecule has 8 nitrogen and oxygen atoms in total. The van der Waals surface area contributed by atoms with Crippen LogP contribution in [-0.4, -0.2) is 36.8 Å². The summed E-state index contributed by atoms with van der Waals surface area (Å²) in [6.45, 7) is 0. The number of primary amides is 1. The third kappa shape index (κ3) is 3.90. The van der Waals surface area contributed by atoms with Crippen molar-refractivity contribution in [1.82, 2.24) is 9.97 Å². The number of aromatic amines is 1. The number of hydrogen-bond donors (Lipinski definition) is 3. The zero-order valence-electron chi connectivity index (χ0n) is 12.3. The number of aromatic nitrogens is 2. The molecule has 0 unspecified atom stereocenters. The van der Waals surface area contributed by atoms with Gasteiger partial charge in [-0.25, -0.2) is 13.4 Å². The van der Waals surface area contributed by atoms with E-state index >= 15 is 0 Å². The van der Waals surface area contributed by atoms with Crippen molar-refractivity contribution in [3.8, 4) is 0 Å².